The molecule has 2 amide bonds. The molecule has 1 aliphatic carbocycles. The summed E-state index contributed by atoms with van der Waals surface area (Å²) in [4.78, 5) is 25.5. The summed E-state index contributed by atoms with van der Waals surface area (Å²) in [7, 11) is 0. The van der Waals surface area contributed by atoms with Crippen molar-refractivity contribution in [3.05, 3.63) is 41.0 Å². The molecule has 2 aromatic heterocycles. The largest absolute Gasteiger partial charge is 0.353 e. The van der Waals surface area contributed by atoms with Gasteiger partial charge in [-0.15, -0.1) is 11.3 Å². The van der Waals surface area contributed by atoms with Gasteiger partial charge in [-0.3, -0.25) is 0 Å². The Bertz CT molecular complexity index is 666. The first-order chi connectivity index (χ1) is 11.8. The van der Waals surface area contributed by atoms with Crippen LogP contribution in [0.2, 0.25) is 0 Å². The van der Waals surface area contributed by atoms with Crippen molar-refractivity contribution in [1.82, 2.24) is 20.2 Å². The normalized spacial score (nSPS) is 19.2. The second kappa shape index (κ2) is 6.76. The molecule has 2 fully saturated rings. The number of carbonyl (C=O) groups excluding carboxylic acids is 1. The van der Waals surface area contributed by atoms with Crippen LogP contribution in [0.15, 0.2) is 36.0 Å². The van der Waals surface area contributed by atoms with Gasteiger partial charge in [-0.25, -0.2) is 14.8 Å². The summed E-state index contributed by atoms with van der Waals surface area (Å²) in [6, 6.07) is 6.04. The van der Waals surface area contributed by atoms with Gasteiger partial charge in [-0.1, -0.05) is 6.07 Å². The maximum Gasteiger partial charge on any atom is 0.318 e. The van der Waals surface area contributed by atoms with Gasteiger partial charge in [-0.2, -0.15) is 0 Å². The topological polar surface area (TPSA) is 61.4 Å². The minimum Gasteiger partial charge on any atom is -0.353 e. The van der Waals surface area contributed by atoms with Crippen molar-refractivity contribution in [2.45, 2.75) is 18.9 Å². The molecule has 0 aromatic carbocycles. The highest BCUT2D eigenvalue weighted by Gasteiger charge is 2.36. The Morgan fingerprint density at radius 3 is 2.62 bits per heavy atom. The Balaban J connectivity index is 1.34. The summed E-state index contributed by atoms with van der Waals surface area (Å²) in [6.07, 6.45) is 5.98. The molecule has 6 nitrogen and oxygen atoms in total. The Morgan fingerprint density at radius 2 is 2.00 bits per heavy atom. The minimum absolute atomic E-state index is 0.0303. The van der Waals surface area contributed by atoms with E-state index in [0.717, 1.165) is 37.0 Å². The Kier molecular flexibility index (Phi) is 4.34. The quantitative estimate of drug-likeness (QED) is 0.927. The highest BCUT2D eigenvalue weighted by atomic mass is 32.1. The number of anilines is 1. The van der Waals surface area contributed by atoms with E-state index in [1.165, 1.54) is 12.8 Å². The van der Waals surface area contributed by atoms with Gasteiger partial charge in [-0.05, 0) is 30.9 Å². The van der Waals surface area contributed by atoms with E-state index in [9.17, 15) is 4.79 Å². The van der Waals surface area contributed by atoms with E-state index in [1.807, 2.05) is 40.9 Å². The van der Waals surface area contributed by atoms with Crippen LogP contribution in [0.25, 0.3) is 0 Å². The number of hydrogen-bond donors (Lipinski definition) is 1. The predicted molar refractivity (Wildman–Crippen MR) is 94.1 cm³/mol. The van der Waals surface area contributed by atoms with E-state index in [2.05, 4.69) is 20.2 Å². The van der Waals surface area contributed by atoms with Crippen molar-refractivity contribution in [2.75, 3.05) is 31.1 Å². The molecule has 7 heteroatoms. The third-order valence-corrected chi connectivity index (χ3v) is 5.49. The van der Waals surface area contributed by atoms with Crippen LogP contribution in [-0.2, 0) is 0 Å². The standard InChI is InChI=1S/C17H21N5OS/c23-17(20-15(13-4-5-13)16-19-7-12-24-16)22-10-8-21(9-11-22)14-3-1-2-6-18-14/h1-3,6-7,12-13,15H,4-5,8-11H2,(H,20,23). The highest BCUT2D eigenvalue weighted by molar-refractivity contribution is 7.09. The lowest BCUT2D eigenvalue weighted by atomic mass is 10.2. The fourth-order valence-electron chi connectivity index (χ4n) is 3.10. The summed E-state index contributed by atoms with van der Waals surface area (Å²) in [5.41, 5.74) is 0. The maximum atomic E-state index is 12.6. The van der Waals surface area contributed by atoms with Gasteiger partial charge in [0.15, 0.2) is 0 Å². The Morgan fingerprint density at radius 1 is 1.17 bits per heavy atom. The number of hydrogen-bond acceptors (Lipinski definition) is 5. The number of rotatable bonds is 4. The third-order valence-electron chi connectivity index (χ3n) is 4.63. The molecule has 1 aliphatic heterocycles. The van der Waals surface area contributed by atoms with Gasteiger partial charge < -0.3 is 15.1 Å². The lowest BCUT2D eigenvalue weighted by Gasteiger charge is -2.36. The van der Waals surface area contributed by atoms with Crippen molar-refractivity contribution in [3.63, 3.8) is 0 Å². The number of urea groups is 1. The van der Waals surface area contributed by atoms with Crippen LogP contribution in [-0.4, -0.2) is 47.1 Å². The third kappa shape index (κ3) is 3.36. The number of aromatic nitrogens is 2. The van der Waals surface area contributed by atoms with Gasteiger partial charge >= 0.3 is 6.03 Å². The van der Waals surface area contributed by atoms with E-state index in [4.69, 9.17) is 0 Å². The first kappa shape index (κ1) is 15.4. The lowest BCUT2D eigenvalue weighted by molar-refractivity contribution is 0.188. The van der Waals surface area contributed by atoms with Gasteiger partial charge in [0.05, 0.1) is 6.04 Å². The number of pyridine rings is 1. The highest BCUT2D eigenvalue weighted by Crippen LogP contribution is 2.41. The summed E-state index contributed by atoms with van der Waals surface area (Å²) in [5, 5.41) is 6.21. The molecular formula is C17H21N5OS. The fraction of sp³-hybridized carbons (Fsp3) is 0.471. The predicted octanol–water partition coefficient (Wildman–Crippen LogP) is 2.52. The molecule has 1 saturated heterocycles. The van der Waals surface area contributed by atoms with Gasteiger partial charge in [0.1, 0.15) is 10.8 Å². The molecule has 126 valence electrons. The molecule has 0 spiro atoms. The first-order valence-corrected chi connectivity index (χ1v) is 9.30. The smallest absolute Gasteiger partial charge is 0.318 e. The van der Waals surface area contributed by atoms with Crippen LogP contribution < -0.4 is 10.2 Å². The van der Waals surface area contributed by atoms with Crippen LogP contribution in [0.5, 0.6) is 0 Å². The van der Waals surface area contributed by atoms with Crippen molar-refractivity contribution >= 4 is 23.2 Å². The zero-order chi connectivity index (χ0) is 16.4. The van der Waals surface area contributed by atoms with Crippen LogP contribution >= 0.6 is 11.3 Å². The van der Waals surface area contributed by atoms with Crippen molar-refractivity contribution in [1.29, 1.82) is 0 Å². The monoisotopic (exact) mass is 343 g/mol. The molecule has 24 heavy (non-hydrogen) atoms. The summed E-state index contributed by atoms with van der Waals surface area (Å²) in [6.45, 7) is 3.07. The Labute approximate surface area is 145 Å². The van der Waals surface area contributed by atoms with Crippen molar-refractivity contribution in [2.24, 2.45) is 5.92 Å². The molecule has 4 rings (SSSR count). The van der Waals surface area contributed by atoms with Crippen LogP contribution in [0.4, 0.5) is 10.6 Å². The number of amides is 2. The fourth-order valence-corrected chi connectivity index (χ4v) is 3.88. The molecule has 1 unspecified atom stereocenters. The number of thiazole rings is 1. The minimum atomic E-state index is 0.0303. The van der Waals surface area contributed by atoms with E-state index in [1.54, 1.807) is 11.3 Å². The molecule has 0 radical (unpaired) electrons. The molecular weight excluding hydrogens is 322 g/mol. The van der Waals surface area contributed by atoms with E-state index in [0.29, 0.717) is 5.92 Å². The van der Waals surface area contributed by atoms with Crippen LogP contribution in [0.1, 0.15) is 23.9 Å². The second-order valence-corrected chi connectivity index (χ2v) is 7.22. The molecule has 1 N–H and O–H groups in total. The molecule has 0 bridgehead atoms. The van der Waals surface area contributed by atoms with Crippen LogP contribution in [0.3, 0.4) is 0 Å². The average molecular weight is 343 g/mol. The van der Waals surface area contributed by atoms with Crippen molar-refractivity contribution in [3.8, 4) is 0 Å². The summed E-state index contributed by atoms with van der Waals surface area (Å²) in [5.74, 6) is 1.53. The van der Waals surface area contributed by atoms with Crippen molar-refractivity contribution < 1.29 is 4.79 Å². The summed E-state index contributed by atoms with van der Waals surface area (Å²) >= 11 is 1.62. The van der Waals surface area contributed by atoms with Gasteiger partial charge in [0.25, 0.3) is 0 Å². The lowest BCUT2D eigenvalue weighted by Crippen LogP contribution is -2.52. The van der Waals surface area contributed by atoms with Gasteiger partial charge in [0, 0.05) is 44.0 Å². The molecule has 2 aliphatic rings. The van der Waals surface area contributed by atoms with Gasteiger partial charge in [0.2, 0.25) is 0 Å². The number of nitrogens with zero attached hydrogens (tertiary/aromatic N) is 4. The van der Waals surface area contributed by atoms with Crippen LogP contribution in [0, 0.1) is 5.92 Å². The number of nitrogens with one attached hydrogen (secondary N) is 1. The summed E-state index contributed by atoms with van der Waals surface area (Å²) < 4.78 is 0. The number of piperazine rings is 1. The molecule has 2 aromatic rings. The second-order valence-electron chi connectivity index (χ2n) is 6.30. The molecule has 1 saturated carbocycles. The Hall–Kier alpha value is -2.15. The molecule has 1 atom stereocenters. The zero-order valence-electron chi connectivity index (χ0n) is 13.5. The average Bonchev–Trinajstić information content (AvgIpc) is 3.34. The number of carbonyl (C=O) groups is 1. The first-order valence-electron chi connectivity index (χ1n) is 8.42. The van der Waals surface area contributed by atoms with E-state index < -0.39 is 0 Å². The zero-order valence-corrected chi connectivity index (χ0v) is 14.3. The van der Waals surface area contributed by atoms with E-state index in [-0.39, 0.29) is 12.1 Å². The SMILES string of the molecule is O=C(NC(c1nccs1)C1CC1)N1CCN(c2ccccn2)CC1. The van der Waals surface area contributed by atoms with E-state index >= 15 is 0 Å². The maximum absolute atomic E-state index is 12.6. The molecule has 3 heterocycles.